The van der Waals surface area contributed by atoms with Crippen LogP contribution in [-0.2, 0) is 12.8 Å². The van der Waals surface area contributed by atoms with Gasteiger partial charge in [-0.05, 0) is 53.5 Å². The Morgan fingerprint density at radius 3 is 2.11 bits per heavy atom. The number of benzene rings is 2. The maximum Gasteiger partial charge on any atom is 0.166 e. The van der Waals surface area contributed by atoms with Gasteiger partial charge in [0.2, 0.25) is 0 Å². The molecular formula is C24H26Br2O. The van der Waals surface area contributed by atoms with Gasteiger partial charge in [-0.3, -0.25) is 4.79 Å². The first-order valence-corrected chi connectivity index (χ1v) is 11.2. The van der Waals surface area contributed by atoms with Gasteiger partial charge in [-0.2, -0.15) is 0 Å². The number of fused-ring (bicyclic) bond motifs is 2. The lowest BCUT2D eigenvalue weighted by atomic mass is 9.92. The molecule has 0 aromatic heterocycles. The van der Waals surface area contributed by atoms with Gasteiger partial charge in [0.15, 0.2) is 5.78 Å². The van der Waals surface area contributed by atoms with E-state index in [9.17, 15) is 4.79 Å². The molecule has 2 aliphatic rings. The minimum absolute atomic E-state index is 0.184. The highest BCUT2D eigenvalue weighted by atomic mass is 79.9. The Balaban J connectivity index is 0.000000156. The maximum atomic E-state index is 12.0. The molecule has 0 spiro atoms. The van der Waals surface area contributed by atoms with Gasteiger partial charge in [0.1, 0.15) is 0 Å². The van der Waals surface area contributed by atoms with E-state index in [1.807, 2.05) is 18.2 Å². The number of halogens is 2. The first-order chi connectivity index (χ1) is 12.8. The molecule has 1 unspecified atom stereocenters. The minimum atomic E-state index is 0.184. The van der Waals surface area contributed by atoms with E-state index in [-0.39, 0.29) is 5.92 Å². The van der Waals surface area contributed by atoms with E-state index in [0.29, 0.717) is 17.6 Å². The lowest BCUT2D eigenvalue weighted by Gasteiger charge is -2.10. The van der Waals surface area contributed by atoms with Crippen LogP contribution in [0.15, 0.2) is 50.9 Å². The molecule has 3 heteroatoms. The summed E-state index contributed by atoms with van der Waals surface area (Å²) in [5, 5.41) is 0. The third-order valence-corrected chi connectivity index (χ3v) is 7.05. The van der Waals surface area contributed by atoms with E-state index < -0.39 is 0 Å². The molecule has 1 atom stereocenters. The van der Waals surface area contributed by atoms with Gasteiger partial charge in [0.25, 0.3) is 0 Å². The quantitative estimate of drug-likeness (QED) is 0.426. The van der Waals surface area contributed by atoms with Gasteiger partial charge in [-0.25, -0.2) is 0 Å². The van der Waals surface area contributed by atoms with Crippen molar-refractivity contribution in [2.24, 2.45) is 17.8 Å². The Kier molecular flexibility index (Phi) is 6.43. The Hall–Kier alpha value is -1.19. The Bertz CT molecular complexity index is 893. The van der Waals surface area contributed by atoms with Crippen molar-refractivity contribution in [1.82, 2.24) is 0 Å². The number of hydrogen-bond acceptors (Lipinski definition) is 1. The molecule has 0 aliphatic heterocycles. The summed E-state index contributed by atoms with van der Waals surface area (Å²) in [5.74, 6) is 1.60. The molecule has 142 valence electrons. The number of allylic oxidation sites excluding steroid dienone is 1. The highest BCUT2D eigenvalue weighted by molar-refractivity contribution is 9.10. The van der Waals surface area contributed by atoms with Crippen LogP contribution in [0, 0.1) is 17.8 Å². The summed E-state index contributed by atoms with van der Waals surface area (Å²) in [4.78, 5) is 12.0. The molecule has 0 radical (unpaired) electrons. The monoisotopic (exact) mass is 488 g/mol. The van der Waals surface area contributed by atoms with Crippen molar-refractivity contribution in [2.75, 3.05) is 0 Å². The zero-order valence-corrected chi connectivity index (χ0v) is 19.5. The van der Waals surface area contributed by atoms with Crippen molar-refractivity contribution >= 4 is 43.7 Å². The summed E-state index contributed by atoms with van der Waals surface area (Å²) in [6.07, 6.45) is 4.34. The molecular weight excluding hydrogens is 464 g/mol. The van der Waals surface area contributed by atoms with Gasteiger partial charge in [0, 0.05) is 20.4 Å². The van der Waals surface area contributed by atoms with Gasteiger partial charge >= 0.3 is 0 Å². The summed E-state index contributed by atoms with van der Waals surface area (Å²) in [6.45, 7) is 8.74. The van der Waals surface area contributed by atoms with Crippen LogP contribution in [0.1, 0.15) is 54.7 Å². The van der Waals surface area contributed by atoms with E-state index in [1.165, 1.54) is 21.2 Å². The smallest absolute Gasteiger partial charge is 0.166 e. The van der Waals surface area contributed by atoms with Crippen molar-refractivity contribution in [2.45, 2.75) is 40.5 Å². The van der Waals surface area contributed by atoms with E-state index in [0.717, 1.165) is 22.9 Å². The van der Waals surface area contributed by atoms with Crippen LogP contribution in [0.4, 0.5) is 0 Å². The molecule has 0 amide bonds. The predicted octanol–water partition coefficient (Wildman–Crippen LogP) is 7.50. The second-order valence-electron chi connectivity index (χ2n) is 8.04. The van der Waals surface area contributed by atoms with Crippen molar-refractivity contribution in [3.8, 4) is 0 Å². The first kappa shape index (κ1) is 20.5. The molecule has 2 aliphatic carbocycles. The third kappa shape index (κ3) is 4.30. The molecule has 4 rings (SSSR count). The fourth-order valence-corrected chi connectivity index (χ4v) is 4.82. The summed E-state index contributed by atoms with van der Waals surface area (Å²) < 4.78 is 2.32. The minimum Gasteiger partial charge on any atom is -0.294 e. The van der Waals surface area contributed by atoms with Crippen LogP contribution in [-0.4, -0.2) is 5.78 Å². The number of ketones is 1. The van der Waals surface area contributed by atoms with Gasteiger partial charge in [-0.15, -0.1) is 0 Å². The fraction of sp³-hybridized carbons (Fsp3) is 0.375. The maximum absolute atomic E-state index is 12.0. The van der Waals surface area contributed by atoms with Crippen molar-refractivity contribution in [3.05, 3.63) is 73.2 Å². The number of carbonyl (C=O) groups excluding carboxylic acids is 1. The Morgan fingerprint density at radius 1 is 0.926 bits per heavy atom. The van der Waals surface area contributed by atoms with E-state index in [1.54, 1.807) is 5.57 Å². The fourth-order valence-electron chi connectivity index (χ4n) is 3.77. The van der Waals surface area contributed by atoms with Crippen LogP contribution < -0.4 is 0 Å². The molecule has 2 aromatic rings. The zero-order chi connectivity index (χ0) is 19.7. The van der Waals surface area contributed by atoms with Crippen LogP contribution in [0.3, 0.4) is 0 Å². The van der Waals surface area contributed by atoms with Crippen LogP contribution >= 0.6 is 31.9 Å². The summed E-state index contributed by atoms with van der Waals surface area (Å²) in [7, 11) is 0. The highest BCUT2D eigenvalue weighted by Gasteiger charge is 2.33. The van der Waals surface area contributed by atoms with Gasteiger partial charge in [-0.1, -0.05) is 95.5 Å². The van der Waals surface area contributed by atoms with Crippen LogP contribution in [0.25, 0.3) is 6.08 Å². The lowest BCUT2D eigenvalue weighted by molar-refractivity contribution is 0.0906. The second-order valence-corrected chi connectivity index (χ2v) is 9.75. The summed E-state index contributed by atoms with van der Waals surface area (Å²) in [6, 6.07) is 12.3. The molecule has 0 bridgehead atoms. The third-order valence-electron chi connectivity index (χ3n) is 5.57. The first-order valence-electron chi connectivity index (χ1n) is 9.59. The average molecular weight is 490 g/mol. The number of carbonyl (C=O) groups is 1. The van der Waals surface area contributed by atoms with Crippen LogP contribution in [0.5, 0.6) is 0 Å². The predicted molar refractivity (Wildman–Crippen MR) is 121 cm³/mol. The zero-order valence-electron chi connectivity index (χ0n) is 16.4. The number of hydrogen-bond donors (Lipinski definition) is 0. The topological polar surface area (TPSA) is 17.1 Å². The normalized spacial score (nSPS) is 17.6. The molecule has 0 fully saturated rings. The van der Waals surface area contributed by atoms with Gasteiger partial charge < -0.3 is 0 Å². The van der Waals surface area contributed by atoms with Crippen molar-refractivity contribution in [3.63, 3.8) is 0 Å². The van der Waals surface area contributed by atoms with Crippen molar-refractivity contribution in [1.29, 1.82) is 0 Å². The Morgan fingerprint density at radius 2 is 1.56 bits per heavy atom. The average Bonchev–Trinajstić information content (AvgIpc) is 3.20. The van der Waals surface area contributed by atoms with E-state index in [4.69, 9.17) is 0 Å². The SMILES string of the molecule is CC(C)C1=Cc2cccc(Br)c2C1.CC(C)C1Cc2c(Br)cccc2C1=O. The number of Topliss-reactive ketones (excluding diaryl/α,β-unsaturated/α-hetero) is 1. The summed E-state index contributed by atoms with van der Waals surface area (Å²) >= 11 is 7.09. The molecule has 0 N–H and O–H groups in total. The largest absolute Gasteiger partial charge is 0.294 e. The second kappa shape index (κ2) is 8.45. The van der Waals surface area contributed by atoms with Crippen molar-refractivity contribution < 1.29 is 4.79 Å². The summed E-state index contributed by atoms with van der Waals surface area (Å²) in [5.41, 5.74) is 6.49. The molecule has 0 saturated carbocycles. The molecule has 0 heterocycles. The standard InChI is InChI=1S/C12H13BrO.C12H13Br/c1-7(2)9-6-10-8(12(9)14)4-3-5-11(10)13;1-8(2)10-6-9-4-3-5-12(13)11(9)7-10/h3-5,7,9H,6H2,1-2H3;3-6,8H,7H2,1-2H3. The van der Waals surface area contributed by atoms with E-state index >= 15 is 0 Å². The molecule has 0 saturated heterocycles. The lowest BCUT2D eigenvalue weighted by Crippen LogP contribution is -2.15. The molecule has 1 nitrogen and oxygen atoms in total. The van der Waals surface area contributed by atoms with Crippen LogP contribution in [0.2, 0.25) is 0 Å². The highest BCUT2D eigenvalue weighted by Crippen LogP contribution is 2.35. The van der Waals surface area contributed by atoms with E-state index in [2.05, 4.69) is 83.8 Å². The Labute approximate surface area is 179 Å². The molecule has 27 heavy (non-hydrogen) atoms. The number of rotatable bonds is 2. The molecule has 2 aromatic carbocycles. The van der Waals surface area contributed by atoms with Gasteiger partial charge in [0.05, 0.1) is 0 Å².